The summed E-state index contributed by atoms with van der Waals surface area (Å²) in [5.74, 6) is -0.00644. The van der Waals surface area contributed by atoms with Crippen LogP contribution < -0.4 is 5.32 Å². The van der Waals surface area contributed by atoms with E-state index in [1.165, 1.54) is 0 Å². The fourth-order valence-electron chi connectivity index (χ4n) is 3.90. The summed E-state index contributed by atoms with van der Waals surface area (Å²) in [4.78, 5) is 27.4. The molecule has 1 saturated heterocycles. The van der Waals surface area contributed by atoms with E-state index in [2.05, 4.69) is 30.5 Å². The lowest BCUT2D eigenvalue weighted by Crippen LogP contribution is -2.41. The molecule has 0 spiro atoms. The van der Waals surface area contributed by atoms with Crippen LogP contribution in [0.5, 0.6) is 0 Å². The highest BCUT2D eigenvalue weighted by molar-refractivity contribution is 5.99. The average Bonchev–Trinajstić information content (AvgIpc) is 3.41. The Balaban J connectivity index is 1.37. The van der Waals surface area contributed by atoms with E-state index in [0.29, 0.717) is 43.0 Å². The van der Waals surface area contributed by atoms with Crippen LogP contribution in [0.25, 0.3) is 11.3 Å². The number of aromatic nitrogens is 4. The molecule has 2 aromatic heterocycles. The maximum atomic E-state index is 13.2. The third-order valence-electron chi connectivity index (χ3n) is 5.69. The van der Waals surface area contributed by atoms with Crippen LogP contribution in [0.4, 0.5) is 0 Å². The first-order valence-electron chi connectivity index (χ1n) is 10.5. The highest BCUT2D eigenvalue weighted by Gasteiger charge is 2.28. The van der Waals surface area contributed by atoms with Crippen molar-refractivity contribution in [1.29, 1.82) is 0 Å². The monoisotopic (exact) mass is 422 g/mol. The van der Waals surface area contributed by atoms with Crippen LogP contribution in [0.1, 0.15) is 46.6 Å². The summed E-state index contributed by atoms with van der Waals surface area (Å²) >= 11 is 0. The molecule has 0 aliphatic carbocycles. The smallest absolute Gasteiger partial charge is 0.257 e. The van der Waals surface area contributed by atoms with Gasteiger partial charge in [0.15, 0.2) is 0 Å². The van der Waals surface area contributed by atoms with Gasteiger partial charge in [-0.2, -0.15) is 5.10 Å². The molecule has 1 aromatic carbocycles. The molecule has 2 N–H and O–H groups in total. The first-order chi connectivity index (χ1) is 15.0. The van der Waals surface area contributed by atoms with E-state index in [-0.39, 0.29) is 17.7 Å². The van der Waals surface area contributed by atoms with Gasteiger partial charge in [-0.3, -0.25) is 14.7 Å². The lowest BCUT2D eigenvalue weighted by atomic mass is 9.93. The maximum Gasteiger partial charge on any atom is 0.257 e. The van der Waals surface area contributed by atoms with E-state index in [1.54, 1.807) is 13.1 Å². The molecule has 9 heteroatoms. The number of rotatable bonds is 6. The summed E-state index contributed by atoms with van der Waals surface area (Å²) < 4.78 is 4.65. The Hall–Kier alpha value is -3.49. The third-order valence-corrected chi connectivity index (χ3v) is 5.69. The zero-order valence-electron chi connectivity index (χ0n) is 17.7. The van der Waals surface area contributed by atoms with Crippen LogP contribution in [0, 0.1) is 19.8 Å². The quantitative estimate of drug-likeness (QED) is 0.631. The number of hydrogen-bond acceptors (Lipinski definition) is 6. The molecule has 31 heavy (non-hydrogen) atoms. The predicted octanol–water partition coefficient (Wildman–Crippen LogP) is 2.64. The molecule has 162 valence electrons. The molecule has 0 saturated carbocycles. The molecule has 1 aliphatic rings. The van der Waals surface area contributed by atoms with Crippen LogP contribution in [0.3, 0.4) is 0 Å². The van der Waals surface area contributed by atoms with Gasteiger partial charge in [0, 0.05) is 25.1 Å². The zero-order valence-corrected chi connectivity index (χ0v) is 17.7. The Labute approximate surface area is 180 Å². The van der Waals surface area contributed by atoms with Gasteiger partial charge >= 0.3 is 0 Å². The van der Waals surface area contributed by atoms with Gasteiger partial charge in [-0.25, -0.2) is 4.63 Å². The van der Waals surface area contributed by atoms with Gasteiger partial charge in [0.2, 0.25) is 5.91 Å². The first kappa shape index (κ1) is 20.8. The van der Waals surface area contributed by atoms with Gasteiger partial charge in [-0.15, -0.1) is 0 Å². The van der Waals surface area contributed by atoms with Gasteiger partial charge < -0.3 is 10.2 Å². The Kier molecular flexibility index (Phi) is 6.11. The number of carbonyl (C=O) groups is 2. The molecule has 3 heterocycles. The lowest BCUT2D eigenvalue weighted by Gasteiger charge is -2.32. The maximum absolute atomic E-state index is 13.2. The molecule has 3 aromatic rings. The topological polar surface area (TPSA) is 117 Å². The minimum atomic E-state index is -0.0645. The SMILES string of the molecule is Cc1ccc(-c2[nH]ncc2C(=O)N2CCC[C@H](CC(=O)NCc3nonc3C)C2)cc1. The van der Waals surface area contributed by atoms with E-state index in [0.717, 1.165) is 29.7 Å². The molecular formula is C22H26N6O3. The molecule has 1 aliphatic heterocycles. The Morgan fingerprint density at radius 2 is 2.03 bits per heavy atom. The molecule has 9 nitrogen and oxygen atoms in total. The van der Waals surface area contributed by atoms with Crippen molar-refractivity contribution in [3.8, 4) is 11.3 Å². The van der Waals surface area contributed by atoms with Crippen molar-refractivity contribution in [2.75, 3.05) is 13.1 Å². The fraction of sp³-hybridized carbons (Fsp3) is 0.409. The Morgan fingerprint density at radius 1 is 1.23 bits per heavy atom. The van der Waals surface area contributed by atoms with E-state index in [9.17, 15) is 9.59 Å². The van der Waals surface area contributed by atoms with E-state index in [1.807, 2.05) is 36.1 Å². The highest BCUT2D eigenvalue weighted by Crippen LogP contribution is 2.26. The molecule has 2 amide bonds. The standard InChI is InChI=1S/C22H26N6O3/c1-14-5-7-17(8-6-14)21-18(11-24-25-21)22(30)28-9-3-4-16(13-28)10-20(29)23-12-19-15(2)26-31-27-19/h5-8,11,16H,3-4,9-10,12-13H2,1-2H3,(H,23,29)(H,24,25)/t16-/m1/s1. The van der Waals surface area contributed by atoms with Crippen molar-refractivity contribution < 1.29 is 14.2 Å². The third kappa shape index (κ3) is 4.82. The number of nitrogens with zero attached hydrogens (tertiary/aromatic N) is 4. The normalized spacial score (nSPS) is 16.3. The molecule has 1 atom stereocenters. The van der Waals surface area contributed by atoms with Crippen LogP contribution in [0.15, 0.2) is 35.1 Å². The minimum Gasteiger partial charge on any atom is -0.350 e. The Bertz CT molecular complexity index is 1060. The van der Waals surface area contributed by atoms with Crippen LogP contribution in [-0.2, 0) is 11.3 Å². The summed E-state index contributed by atoms with van der Waals surface area (Å²) in [6.45, 7) is 5.33. The minimum absolute atomic E-state index is 0.0567. The van der Waals surface area contributed by atoms with Gasteiger partial charge in [0.25, 0.3) is 5.91 Å². The van der Waals surface area contributed by atoms with Crippen LogP contribution >= 0.6 is 0 Å². The summed E-state index contributed by atoms with van der Waals surface area (Å²) in [6.07, 6.45) is 3.73. The van der Waals surface area contributed by atoms with Gasteiger partial charge in [0.1, 0.15) is 11.4 Å². The van der Waals surface area contributed by atoms with Crippen LogP contribution in [0.2, 0.25) is 0 Å². The number of aryl methyl sites for hydroxylation is 2. The van der Waals surface area contributed by atoms with Crippen molar-refractivity contribution in [2.24, 2.45) is 5.92 Å². The molecule has 4 rings (SSSR count). The van der Waals surface area contributed by atoms with Crippen molar-refractivity contribution >= 4 is 11.8 Å². The number of carbonyl (C=O) groups excluding carboxylic acids is 2. The van der Waals surface area contributed by atoms with E-state index < -0.39 is 0 Å². The summed E-state index contributed by atoms with van der Waals surface area (Å²) in [5.41, 5.74) is 4.65. The lowest BCUT2D eigenvalue weighted by molar-refractivity contribution is -0.122. The number of nitrogens with one attached hydrogen (secondary N) is 2. The fourth-order valence-corrected chi connectivity index (χ4v) is 3.90. The molecule has 1 fully saturated rings. The van der Waals surface area contributed by atoms with Crippen molar-refractivity contribution in [2.45, 2.75) is 39.7 Å². The highest BCUT2D eigenvalue weighted by atomic mass is 16.6. The van der Waals surface area contributed by atoms with E-state index >= 15 is 0 Å². The van der Waals surface area contributed by atoms with Crippen molar-refractivity contribution in [1.82, 2.24) is 30.7 Å². The largest absolute Gasteiger partial charge is 0.350 e. The summed E-state index contributed by atoms with van der Waals surface area (Å²) in [6, 6.07) is 7.98. The molecule has 0 unspecified atom stereocenters. The van der Waals surface area contributed by atoms with Gasteiger partial charge in [0.05, 0.1) is 24.0 Å². The second-order valence-electron chi connectivity index (χ2n) is 8.06. The Morgan fingerprint density at radius 3 is 2.77 bits per heavy atom. The number of hydrogen-bond donors (Lipinski definition) is 2. The number of H-pyrrole nitrogens is 1. The molecule has 0 bridgehead atoms. The first-order valence-corrected chi connectivity index (χ1v) is 10.5. The summed E-state index contributed by atoms with van der Waals surface area (Å²) in [7, 11) is 0. The zero-order chi connectivity index (χ0) is 21.8. The number of piperidine rings is 1. The number of likely N-dealkylation sites (tertiary alicyclic amines) is 1. The van der Waals surface area contributed by atoms with Crippen molar-refractivity contribution in [3.63, 3.8) is 0 Å². The average molecular weight is 422 g/mol. The van der Waals surface area contributed by atoms with Gasteiger partial charge in [-0.05, 0) is 32.6 Å². The number of aromatic amines is 1. The number of benzene rings is 1. The molecular weight excluding hydrogens is 396 g/mol. The predicted molar refractivity (Wildman–Crippen MR) is 113 cm³/mol. The number of amides is 2. The van der Waals surface area contributed by atoms with Crippen molar-refractivity contribution in [3.05, 3.63) is 53.0 Å². The van der Waals surface area contributed by atoms with E-state index in [4.69, 9.17) is 0 Å². The summed E-state index contributed by atoms with van der Waals surface area (Å²) in [5, 5.41) is 17.4. The molecule has 0 radical (unpaired) electrons. The second-order valence-corrected chi connectivity index (χ2v) is 8.06. The van der Waals surface area contributed by atoms with Gasteiger partial charge in [-0.1, -0.05) is 40.1 Å². The van der Waals surface area contributed by atoms with Crippen LogP contribution in [-0.4, -0.2) is 50.3 Å². The second kappa shape index (κ2) is 9.11.